The van der Waals surface area contributed by atoms with E-state index in [0.29, 0.717) is 10.9 Å². The molecule has 0 atom stereocenters. The number of rotatable bonds is 3. The van der Waals surface area contributed by atoms with Crippen LogP contribution < -0.4 is 5.73 Å². The average molecular weight is 324 g/mol. The predicted molar refractivity (Wildman–Crippen MR) is 81.2 cm³/mol. The molecule has 94 valence electrons. The first-order valence-electron chi connectivity index (χ1n) is 5.65. The van der Waals surface area contributed by atoms with Gasteiger partial charge < -0.3 is 5.73 Å². The Morgan fingerprint density at radius 2 is 2.11 bits per heavy atom. The molecule has 0 bridgehead atoms. The van der Waals surface area contributed by atoms with Crippen LogP contribution in [-0.2, 0) is 0 Å². The van der Waals surface area contributed by atoms with Gasteiger partial charge in [-0.25, -0.2) is 4.68 Å². The molecule has 3 nitrogen and oxygen atoms in total. The fourth-order valence-electron chi connectivity index (χ4n) is 1.73. The summed E-state index contributed by atoms with van der Waals surface area (Å²) in [4.78, 5) is 0.360. The molecular formula is C13H14BrN3S. The van der Waals surface area contributed by atoms with Crippen LogP contribution in [0.15, 0.2) is 34.9 Å². The van der Waals surface area contributed by atoms with Crippen LogP contribution in [-0.4, -0.2) is 14.8 Å². The number of nitrogens with two attached hydrogens (primary N) is 1. The van der Waals surface area contributed by atoms with Crippen molar-refractivity contribution in [1.29, 1.82) is 0 Å². The third-order valence-electron chi connectivity index (χ3n) is 2.69. The van der Waals surface area contributed by atoms with Crippen LogP contribution in [0.4, 0.5) is 0 Å². The van der Waals surface area contributed by atoms with Crippen LogP contribution in [0, 0.1) is 0 Å². The minimum atomic E-state index is 0.360. The van der Waals surface area contributed by atoms with E-state index in [-0.39, 0.29) is 0 Å². The van der Waals surface area contributed by atoms with Gasteiger partial charge in [-0.15, -0.1) is 0 Å². The van der Waals surface area contributed by atoms with Crippen molar-refractivity contribution in [2.75, 3.05) is 0 Å². The van der Waals surface area contributed by atoms with Gasteiger partial charge in [-0.3, -0.25) is 0 Å². The Hall–Kier alpha value is -1.20. The van der Waals surface area contributed by atoms with E-state index in [4.69, 9.17) is 18.0 Å². The fraction of sp³-hybridized carbons (Fsp3) is 0.231. The third-order valence-corrected chi connectivity index (χ3v) is 3.55. The van der Waals surface area contributed by atoms with Crippen molar-refractivity contribution < 1.29 is 0 Å². The fourth-order valence-corrected chi connectivity index (χ4v) is 2.64. The minimum absolute atomic E-state index is 0.360. The molecular weight excluding hydrogens is 310 g/mol. The summed E-state index contributed by atoms with van der Waals surface area (Å²) in [5.74, 6) is 0.395. The van der Waals surface area contributed by atoms with E-state index >= 15 is 0 Å². The van der Waals surface area contributed by atoms with Gasteiger partial charge >= 0.3 is 0 Å². The Morgan fingerprint density at radius 1 is 1.39 bits per heavy atom. The van der Waals surface area contributed by atoms with Crippen molar-refractivity contribution in [1.82, 2.24) is 9.78 Å². The lowest BCUT2D eigenvalue weighted by Gasteiger charge is -2.10. The zero-order valence-electron chi connectivity index (χ0n) is 10.2. The van der Waals surface area contributed by atoms with Gasteiger partial charge in [-0.1, -0.05) is 32.1 Å². The topological polar surface area (TPSA) is 43.8 Å². The second-order valence-corrected chi connectivity index (χ2v) is 5.63. The lowest BCUT2D eigenvalue weighted by Crippen LogP contribution is -2.14. The molecule has 0 aliphatic heterocycles. The molecule has 0 aliphatic carbocycles. The summed E-state index contributed by atoms with van der Waals surface area (Å²) < 4.78 is 2.70. The van der Waals surface area contributed by atoms with Gasteiger partial charge in [0.25, 0.3) is 0 Å². The van der Waals surface area contributed by atoms with Crippen molar-refractivity contribution in [3.63, 3.8) is 0 Å². The maximum atomic E-state index is 5.78. The normalized spacial score (nSPS) is 10.9. The summed E-state index contributed by atoms with van der Waals surface area (Å²) in [6.07, 6.45) is 1.93. The molecule has 1 heterocycles. The summed E-state index contributed by atoms with van der Waals surface area (Å²) in [6, 6.07) is 7.83. The quantitative estimate of drug-likeness (QED) is 0.880. The molecule has 18 heavy (non-hydrogen) atoms. The molecule has 5 heteroatoms. The van der Waals surface area contributed by atoms with Gasteiger partial charge in [-0.05, 0) is 40.0 Å². The molecule has 2 aromatic rings. The number of thiocarbonyl (C=S) groups is 1. The average Bonchev–Trinajstić information content (AvgIpc) is 2.77. The first-order valence-corrected chi connectivity index (χ1v) is 6.85. The number of halogens is 1. The Labute approximate surface area is 120 Å². The minimum Gasteiger partial charge on any atom is -0.389 e. The molecule has 2 N–H and O–H groups in total. The maximum Gasteiger partial charge on any atom is 0.107 e. The maximum absolute atomic E-state index is 5.78. The molecule has 0 unspecified atom stereocenters. The predicted octanol–water partition coefficient (Wildman–Crippen LogP) is 3.39. The smallest absolute Gasteiger partial charge is 0.107 e. The van der Waals surface area contributed by atoms with Gasteiger partial charge in [0.1, 0.15) is 4.99 Å². The highest BCUT2D eigenvalue weighted by Gasteiger charge is 2.12. The van der Waals surface area contributed by atoms with Crippen LogP contribution in [0.25, 0.3) is 5.69 Å². The van der Waals surface area contributed by atoms with E-state index < -0.39 is 0 Å². The number of nitrogens with zero attached hydrogens (tertiary/aromatic N) is 2. The largest absolute Gasteiger partial charge is 0.389 e. The second kappa shape index (κ2) is 5.20. The van der Waals surface area contributed by atoms with Crippen molar-refractivity contribution in [3.8, 4) is 5.69 Å². The molecule has 0 saturated carbocycles. The van der Waals surface area contributed by atoms with Crippen LogP contribution in [0.1, 0.15) is 31.0 Å². The van der Waals surface area contributed by atoms with E-state index in [1.54, 1.807) is 0 Å². The van der Waals surface area contributed by atoms with Crippen LogP contribution in [0.3, 0.4) is 0 Å². The molecule has 0 saturated heterocycles. The first-order chi connectivity index (χ1) is 8.50. The number of benzene rings is 1. The van der Waals surface area contributed by atoms with Crippen molar-refractivity contribution in [3.05, 3.63) is 46.2 Å². The first kappa shape index (κ1) is 13.2. The third kappa shape index (κ3) is 2.47. The molecule has 0 aliphatic rings. The van der Waals surface area contributed by atoms with Crippen molar-refractivity contribution in [2.24, 2.45) is 5.73 Å². The van der Waals surface area contributed by atoms with E-state index in [2.05, 4.69) is 34.9 Å². The zero-order chi connectivity index (χ0) is 13.3. The standard InChI is InChI=1S/C13H14BrN3S/c1-8(2)10-6-7-17(16-10)11-5-3-4-9(14)12(11)13(15)18/h3-8H,1-2H3,(H2,15,18). The highest BCUT2D eigenvalue weighted by molar-refractivity contribution is 9.10. The lowest BCUT2D eigenvalue weighted by atomic mass is 10.1. The van der Waals surface area contributed by atoms with Gasteiger partial charge in [0.05, 0.1) is 11.4 Å². The van der Waals surface area contributed by atoms with Crippen LogP contribution >= 0.6 is 28.1 Å². The van der Waals surface area contributed by atoms with Crippen molar-refractivity contribution in [2.45, 2.75) is 19.8 Å². The summed E-state index contributed by atoms with van der Waals surface area (Å²) in [5.41, 5.74) is 8.53. The summed E-state index contributed by atoms with van der Waals surface area (Å²) in [6.45, 7) is 4.23. The summed E-state index contributed by atoms with van der Waals surface area (Å²) in [5, 5.41) is 4.54. The number of hydrogen-bond acceptors (Lipinski definition) is 2. The van der Waals surface area contributed by atoms with Gasteiger partial charge in [0, 0.05) is 16.2 Å². The van der Waals surface area contributed by atoms with Crippen molar-refractivity contribution >= 4 is 33.1 Å². The SMILES string of the molecule is CC(C)c1ccn(-c2cccc(Br)c2C(N)=S)n1. The lowest BCUT2D eigenvalue weighted by molar-refractivity contribution is 0.767. The highest BCUT2D eigenvalue weighted by atomic mass is 79.9. The molecule has 1 aromatic carbocycles. The zero-order valence-corrected chi connectivity index (χ0v) is 12.6. The Bertz CT molecular complexity index is 590. The Morgan fingerprint density at radius 3 is 2.67 bits per heavy atom. The molecule has 0 amide bonds. The van der Waals surface area contributed by atoms with Gasteiger partial charge in [0.15, 0.2) is 0 Å². The van der Waals surface area contributed by atoms with Gasteiger partial charge in [0.2, 0.25) is 0 Å². The molecule has 2 rings (SSSR count). The Balaban J connectivity index is 2.56. The Kier molecular flexibility index (Phi) is 3.82. The van der Waals surface area contributed by atoms with E-state index in [1.807, 2.05) is 35.1 Å². The number of aromatic nitrogens is 2. The monoisotopic (exact) mass is 323 g/mol. The molecule has 0 spiro atoms. The number of hydrogen-bond donors (Lipinski definition) is 1. The van der Waals surface area contributed by atoms with Crippen LogP contribution in [0.5, 0.6) is 0 Å². The molecule has 1 aromatic heterocycles. The highest BCUT2D eigenvalue weighted by Crippen LogP contribution is 2.24. The van der Waals surface area contributed by atoms with Crippen LogP contribution in [0.2, 0.25) is 0 Å². The van der Waals surface area contributed by atoms with E-state index in [9.17, 15) is 0 Å². The van der Waals surface area contributed by atoms with E-state index in [1.165, 1.54) is 0 Å². The molecule has 0 fully saturated rings. The van der Waals surface area contributed by atoms with E-state index in [0.717, 1.165) is 21.4 Å². The molecule has 0 radical (unpaired) electrons. The summed E-state index contributed by atoms with van der Waals surface area (Å²) in [7, 11) is 0. The summed E-state index contributed by atoms with van der Waals surface area (Å²) >= 11 is 8.57. The van der Waals surface area contributed by atoms with Gasteiger partial charge in [-0.2, -0.15) is 5.10 Å². The second-order valence-electron chi connectivity index (χ2n) is 4.34.